The van der Waals surface area contributed by atoms with Crippen LogP contribution in [-0.2, 0) is 9.53 Å². The Balaban J connectivity index is 2.17. The summed E-state index contributed by atoms with van der Waals surface area (Å²) in [4.78, 5) is 24.5. The van der Waals surface area contributed by atoms with Crippen molar-refractivity contribution in [2.45, 2.75) is 51.6 Å². The Labute approximate surface area is 120 Å². The number of carboxylic acids is 1. The van der Waals surface area contributed by atoms with E-state index in [1.54, 1.807) is 0 Å². The van der Waals surface area contributed by atoms with Gasteiger partial charge < -0.3 is 20.1 Å². The average molecular weight is 286 g/mol. The van der Waals surface area contributed by atoms with Crippen LogP contribution in [0, 0.1) is 0 Å². The number of amides is 1. The zero-order chi connectivity index (χ0) is 14.8. The number of carboxylic acid groups (broad SMARTS) is 1. The monoisotopic (exact) mass is 286 g/mol. The van der Waals surface area contributed by atoms with Crippen LogP contribution in [0.1, 0.15) is 45.4 Å². The van der Waals surface area contributed by atoms with Gasteiger partial charge in [0.15, 0.2) is 0 Å². The van der Waals surface area contributed by atoms with Gasteiger partial charge in [0.25, 0.3) is 0 Å². The first-order valence-electron chi connectivity index (χ1n) is 7.50. The molecule has 1 amide bonds. The van der Waals surface area contributed by atoms with Gasteiger partial charge >= 0.3 is 12.1 Å². The van der Waals surface area contributed by atoms with E-state index >= 15 is 0 Å². The minimum Gasteiger partial charge on any atom is -0.481 e. The predicted octanol–water partition coefficient (Wildman–Crippen LogP) is 1.84. The number of carbonyl (C=O) groups excluding carboxylic acids is 1. The summed E-state index contributed by atoms with van der Waals surface area (Å²) in [6.07, 6.45) is 3.71. The van der Waals surface area contributed by atoms with Crippen LogP contribution in [0.15, 0.2) is 0 Å². The van der Waals surface area contributed by atoms with E-state index < -0.39 is 12.1 Å². The molecule has 0 aromatic heterocycles. The van der Waals surface area contributed by atoms with Crippen molar-refractivity contribution in [1.29, 1.82) is 0 Å². The summed E-state index contributed by atoms with van der Waals surface area (Å²) in [5, 5.41) is 11.4. The number of aliphatic carboxylic acids is 1. The summed E-state index contributed by atoms with van der Waals surface area (Å²) in [5.74, 6) is -0.857. The standard InChI is InChI=1S/C14H26N2O4/c1-2-5-12(6-7-13(17)18)20-14(19)15-8-11-16-9-3-4-10-16/h12H,2-11H2,1H3,(H,15,19)(H,17,18). The molecular weight excluding hydrogens is 260 g/mol. The number of ether oxygens (including phenoxy) is 1. The van der Waals surface area contributed by atoms with Gasteiger partial charge in [-0.05, 0) is 38.8 Å². The molecule has 1 aliphatic heterocycles. The van der Waals surface area contributed by atoms with Crippen molar-refractivity contribution in [3.8, 4) is 0 Å². The highest BCUT2D eigenvalue weighted by molar-refractivity contribution is 5.68. The molecule has 0 saturated carbocycles. The second kappa shape index (κ2) is 9.58. The molecule has 1 heterocycles. The maximum Gasteiger partial charge on any atom is 0.407 e. The van der Waals surface area contributed by atoms with E-state index in [9.17, 15) is 9.59 Å². The largest absolute Gasteiger partial charge is 0.481 e. The molecule has 0 bridgehead atoms. The van der Waals surface area contributed by atoms with Crippen molar-refractivity contribution < 1.29 is 19.4 Å². The molecule has 0 aliphatic carbocycles. The predicted molar refractivity (Wildman–Crippen MR) is 75.7 cm³/mol. The molecule has 1 unspecified atom stereocenters. The summed E-state index contributed by atoms with van der Waals surface area (Å²) >= 11 is 0. The third kappa shape index (κ3) is 7.33. The average Bonchev–Trinajstić information content (AvgIpc) is 2.89. The van der Waals surface area contributed by atoms with Gasteiger partial charge in [-0.25, -0.2) is 4.79 Å². The molecule has 6 nitrogen and oxygen atoms in total. The molecule has 1 atom stereocenters. The molecule has 0 spiro atoms. The fraction of sp³-hybridized carbons (Fsp3) is 0.857. The van der Waals surface area contributed by atoms with Crippen molar-refractivity contribution in [2.24, 2.45) is 0 Å². The van der Waals surface area contributed by atoms with E-state index in [2.05, 4.69) is 10.2 Å². The van der Waals surface area contributed by atoms with Gasteiger partial charge in [-0.15, -0.1) is 0 Å². The Bertz CT molecular complexity index is 304. The van der Waals surface area contributed by atoms with Crippen molar-refractivity contribution >= 4 is 12.1 Å². The molecule has 1 saturated heterocycles. The van der Waals surface area contributed by atoms with Gasteiger partial charge in [-0.3, -0.25) is 4.79 Å². The van der Waals surface area contributed by atoms with Crippen molar-refractivity contribution in [3.05, 3.63) is 0 Å². The van der Waals surface area contributed by atoms with E-state index in [0.717, 1.165) is 26.1 Å². The number of nitrogens with one attached hydrogen (secondary N) is 1. The quantitative estimate of drug-likeness (QED) is 0.676. The number of hydrogen-bond acceptors (Lipinski definition) is 4. The summed E-state index contributed by atoms with van der Waals surface area (Å²) in [6, 6.07) is 0. The Morgan fingerprint density at radius 2 is 2.00 bits per heavy atom. The second-order valence-corrected chi connectivity index (χ2v) is 5.22. The molecular formula is C14H26N2O4. The lowest BCUT2D eigenvalue weighted by Gasteiger charge is -2.18. The molecule has 1 aliphatic rings. The topological polar surface area (TPSA) is 78.9 Å². The third-order valence-corrected chi connectivity index (χ3v) is 3.46. The fourth-order valence-electron chi connectivity index (χ4n) is 2.38. The zero-order valence-electron chi connectivity index (χ0n) is 12.3. The van der Waals surface area contributed by atoms with Gasteiger partial charge in [0.05, 0.1) is 0 Å². The van der Waals surface area contributed by atoms with Crippen LogP contribution in [0.4, 0.5) is 4.79 Å². The third-order valence-electron chi connectivity index (χ3n) is 3.46. The first-order valence-corrected chi connectivity index (χ1v) is 7.50. The maximum atomic E-state index is 11.6. The van der Waals surface area contributed by atoms with Crippen molar-refractivity contribution in [3.63, 3.8) is 0 Å². The summed E-state index contributed by atoms with van der Waals surface area (Å²) in [7, 11) is 0. The van der Waals surface area contributed by atoms with E-state index in [1.807, 2.05) is 6.92 Å². The highest BCUT2D eigenvalue weighted by Gasteiger charge is 2.16. The van der Waals surface area contributed by atoms with Crippen LogP contribution < -0.4 is 5.32 Å². The van der Waals surface area contributed by atoms with Crippen LogP contribution in [-0.4, -0.2) is 54.4 Å². The molecule has 6 heteroatoms. The number of rotatable bonds is 9. The first-order chi connectivity index (χ1) is 9.61. The lowest BCUT2D eigenvalue weighted by atomic mass is 10.1. The minimum absolute atomic E-state index is 0.0335. The zero-order valence-corrected chi connectivity index (χ0v) is 12.3. The Morgan fingerprint density at radius 3 is 2.60 bits per heavy atom. The normalized spacial score (nSPS) is 16.9. The number of nitrogens with zero attached hydrogens (tertiary/aromatic N) is 1. The molecule has 2 N–H and O–H groups in total. The lowest BCUT2D eigenvalue weighted by molar-refractivity contribution is -0.137. The fourth-order valence-corrected chi connectivity index (χ4v) is 2.38. The maximum absolute atomic E-state index is 11.6. The second-order valence-electron chi connectivity index (χ2n) is 5.22. The van der Waals surface area contributed by atoms with E-state index in [-0.39, 0.29) is 12.5 Å². The van der Waals surface area contributed by atoms with Crippen LogP contribution in [0.3, 0.4) is 0 Å². The van der Waals surface area contributed by atoms with Gasteiger partial charge in [0.1, 0.15) is 6.10 Å². The number of alkyl carbamates (subject to hydrolysis) is 1. The highest BCUT2D eigenvalue weighted by atomic mass is 16.6. The highest BCUT2D eigenvalue weighted by Crippen LogP contribution is 2.10. The lowest BCUT2D eigenvalue weighted by Crippen LogP contribution is -2.35. The van der Waals surface area contributed by atoms with Crippen LogP contribution in [0.5, 0.6) is 0 Å². The SMILES string of the molecule is CCCC(CCC(=O)O)OC(=O)NCCN1CCCC1. The molecule has 1 rings (SSSR count). The minimum atomic E-state index is -0.857. The van der Waals surface area contributed by atoms with Gasteiger partial charge in [-0.2, -0.15) is 0 Å². The molecule has 0 radical (unpaired) electrons. The summed E-state index contributed by atoms with van der Waals surface area (Å²) < 4.78 is 5.27. The van der Waals surface area contributed by atoms with Crippen LogP contribution in [0.25, 0.3) is 0 Å². The molecule has 0 aromatic rings. The smallest absolute Gasteiger partial charge is 0.407 e. The summed E-state index contributed by atoms with van der Waals surface area (Å²) in [6.45, 7) is 5.63. The first kappa shape index (κ1) is 16.8. The Hall–Kier alpha value is -1.30. The molecule has 20 heavy (non-hydrogen) atoms. The van der Waals surface area contributed by atoms with Crippen molar-refractivity contribution in [2.75, 3.05) is 26.2 Å². The Kier molecular flexibility index (Phi) is 8.02. The van der Waals surface area contributed by atoms with Gasteiger partial charge in [-0.1, -0.05) is 13.3 Å². The number of carbonyl (C=O) groups is 2. The number of hydrogen-bond donors (Lipinski definition) is 2. The van der Waals surface area contributed by atoms with Gasteiger partial charge in [0, 0.05) is 19.5 Å². The molecule has 0 aromatic carbocycles. The van der Waals surface area contributed by atoms with Crippen molar-refractivity contribution in [1.82, 2.24) is 10.2 Å². The molecule has 116 valence electrons. The Morgan fingerprint density at radius 1 is 1.30 bits per heavy atom. The van der Waals surface area contributed by atoms with Crippen LogP contribution in [0.2, 0.25) is 0 Å². The number of likely N-dealkylation sites (tertiary alicyclic amines) is 1. The molecule has 1 fully saturated rings. The van der Waals surface area contributed by atoms with E-state index in [0.29, 0.717) is 19.4 Å². The van der Waals surface area contributed by atoms with E-state index in [4.69, 9.17) is 9.84 Å². The van der Waals surface area contributed by atoms with Gasteiger partial charge in [0.2, 0.25) is 0 Å². The van der Waals surface area contributed by atoms with Crippen LogP contribution >= 0.6 is 0 Å². The summed E-state index contributed by atoms with van der Waals surface area (Å²) in [5.41, 5.74) is 0. The van der Waals surface area contributed by atoms with E-state index in [1.165, 1.54) is 12.8 Å².